The van der Waals surface area contributed by atoms with E-state index in [0.29, 0.717) is 11.5 Å². The van der Waals surface area contributed by atoms with Crippen molar-refractivity contribution < 1.29 is 13.2 Å². The van der Waals surface area contributed by atoms with Gasteiger partial charge in [-0.1, -0.05) is 0 Å². The summed E-state index contributed by atoms with van der Waals surface area (Å²) in [6.45, 7) is 4.63. The molecule has 1 aliphatic heterocycles. The first-order valence-corrected chi connectivity index (χ1v) is 6.59. The second-order valence-electron chi connectivity index (χ2n) is 5.10. The van der Waals surface area contributed by atoms with Crippen molar-refractivity contribution in [1.82, 2.24) is 5.32 Å². The van der Waals surface area contributed by atoms with E-state index in [1.807, 2.05) is 0 Å². The molecule has 0 aliphatic carbocycles. The number of halogens is 3. The lowest BCUT2D eigenvalue weighted by atomic mass is 10.0. The highest BCUT2D eigenvalue weighted by atomic mass is 19.4. The van der Waals surface area contributed by atoms with Crippen LogP contribution in [0.15, 0.2) is 18.2 Å². The smallest absolute Gasteiger partial charge is 0.385 e. The summed E-state index contributed by atoms with van der Waals surface area (Å²) in [5, 5.41) is 6.53. The van der Waals surface area contributed by atoms with E-state index in [-0.39, 0.29) is 0 Å². The molecular weight excluding hydrogens is 253 g/mol. The molecule has 2 rings (SSSR count). The lowest BCUT2D eigenvalue weighted by Crippen LogP contribution is -2.13. The van der Waals surface area contributed by atoms with Gasteiger partial charge in [0.05, 0.1) is 5.56 Å². The van der Waals surface area contributed by atoms with Crippen LogP contribution in [0.5, 0.6) is 0 Å². The lowest BCUT2D eigenvalue weighted by molar-refractivity contribution is -0.137. The third-order valence-corrected chi connectivity index (χ3v) is 3.58. The molecule has 1 aromatic rings. The van der Waals surface area contributed by atoms with Crippen LogP contribution in [0.1, 0.15) is 24.0 Å². The minimum absolute atomic E-state index is 0.587. The fourth-order valence-electron chi connectivity index (χ4n) is 2.41. The van der Waals surface area contributed by atoms with E-state index in [9.17, 15) is 13.2 Å². The van der Waals surface area contributed by atoms with Gasteiger partial charge < -0.3 is 10.6 Å². The Kier molecular flexibility index (Phi) is 4.34. The number of aryl methyl sites for hydroxylation is 1. The van der Waals surface area contributed by atoms with Crippen LogP contribution in [-0.2, 0) is 6.18 Å². The molecular formula is C14H19F3N2. The number of hydrogen-bond acceptors (Lipinski definition) is 2. The van der Waals surface area contributed by atoms with Gasteiger partial charge in [-0.25, -0.2) is 0 Å². The Hall–Kier alpha value is -1.23. The zero-order valence-corrected chi connectivity index (χ0v) is 11.0. The fourth-order valence-corrected chi connectivity index (χ4v) is 2.41. The molecule has 106 valence electrons. The molecule has 5 heteroatoms. The number of rotatable bonds is 4. The Morgan fingerprint density at radius 3 is 2.74 bits per heavy atom. The minimum atomic E-state index is -4.27. The third-order valence-electron chi connectivity index (χ3n) is 3.58. The monoisotopic (exact) mass is 272 g/mol. The van der Waals surface area contributed by atoms with E-state index in [0.717, 1.165) is 37.8 Å². The summed E-state index contributed by atoms with van der Waals surface area (Å²) in [7, 11) is 0. The standard InChI is InChI=1S/C14H19F3N2/c1-10-8-12(14(15,16)17)2-3-13(10)19-7-5-11-4-6-18-9-11/h2-3,8,11,18-19H,4-7,9H2,1H3. The van der Waals surface area contributed by atoms with Gasteiger partial charge in [0.2, 0.25) is 0 Å². The van der Waals surface area contributed by atoms with Gasteiger partial charge >= 0.3 is 6.18 Å². The van der Waals surface area contributed by atoms with E-state index in [4.69, 9.17) is 0 Å². The third kappa shape index (κ3) is 3.86. The van der Waals surface area contributed by atoms with Crippen LogP contribution in [0.25, 0.3) is 0 Å². The molecule has 0 radical (unpaired) electrons. The summed E-state index contributed by atoms with van der Waals surface area (Å²) in [5.74, 6) is 0.683. The Bertz CT molecular complexity index is 423. The number of hydrogen-bond donors (Lipinski definition) is 2. The van der Waals surface area contributed by atoms with Crippen molar-refractivity contribution in [3.05, 3.63) is 29.3 Å². The second-order valence-corrected chi connectivity index (χ2v) is 5.10. The van der Waals surface area contributed by atoms with Crippen LogP contribution in [0.2, 0.25) is 0 Å². The zero-order valence-electron chi connectivity index (χ0n) is 11.0. The Morgan fingerprint density at radius 2 is 2.16 bits per heavy atom. The first kappa shape index (κ1) is 14.2. The molecule has 0 spiro atoms. The Morgan fingerprint density at radius 1 is 1.37 bits per heavy atom. The fraction of sp³-hybridized carbons (Fsp3) is 0.571. The molecule has 2 N–H and O–H groups in total. The maximum atomic E-state index is 12.5. The van der Waals surface area contributed by atoms with Gasteiger partial charge in [0.15, 0.2) is 0 Å². The van der Waals surface area contributed by atoms with Crippen molar-refractivity contribution in [2.75, 3.05) is 25.0 Å². The molecule has 0 saturated carbocycles. The SMILES string of the molecule is Cc1cc(C(F)(F)F)ccc1NCCC1CCNC1. The van der Waals surface area contributed by atoms with Crippen molar-refractivity contribution in [3.8, 4) is 0 Å². The molecule has 1 atom stereocenters. The predicted octanol–water partition coefficient (Wildman–Crippen LogP) is 3.43. The number of alkyl halides is 3. The van der Waals surface area contributed by atoms with E-state index in [1.54, 1.807) is 6.92 Å². The Labute approximate surface area is 111 Å². The van der Waals surface area contributed by atoms with Gasteiger partial charge in [-0.2, -0.15) is 13.2 Å². The van der Waals surface area contributed by atoms with Crippen LogP contribution >= 0.6 is 0 Å². The van der Waals surface area contributed by atoms with Crippen LogP contribution in [-0.4, -0.2) is 19.6 Å². The topological polar surface area (TPSA) is 24.1 Å². The number of nitrogens with one attached hydrogen (secondary N) is 2. The highest BCUT2D eigenvalue weighted by molar-refractivity contribution is 5.52. The van der Waals surface area contributed by atoms with E-state index < -0.39 is 11.7 Å². The first-order valence-electron chi connectivity index (χ1n) is 6.59. The van der Waals surface area contributed by atoms with Crippen LogP contribution in [0.4, 0.5) is 18.9 Å². The van der Waals surface area contributed by atoms with Crippen LogP contribution in [0, 0.1) is 12.8 Å². The molecule has 19 heavy (non-hydrogen) atoms. The number of anilines is 1. The zero-order chi connectivity index (χ0) is 13.9. The van der Waals surface area contributed by atoms with E-state index >= 15 is 0 Å². The largest absolute Gasteiger partial charge is 0.416 e. The summed E-state index contributed by atoms with van der Waals surface area (Å²) >= 11 is 0. The molecule has 0 amide bonds. The van der Waals surface area contributed by atoms with E-state index in [1.165, 1.54) is 18.6 Å². The van der Waals surface area contributed by atoms with Crippen LogP contribution in [0.3, 0.4) is 0 Å². The molecule has 2 nitrogen and oxygen atoms in total. The van der Waals surface area contributed by atoms with Gasteiger partial charge in [0.1, 0.15) is 0 Å². The van der Waals surface area contributed by atoms with Gasteiger partial charge in [-0.3, -0.25) is 0 Å². The summed E-state index contributed by atoms with van der Waals surface area (Å²) in [5.41, 5.74) is 0.842. The molecule has 1 unspecified atom stereocenters. The van der Waals surface area contributed by atoms with E-state index in [2.05, 4.69) is 10.6 Å². The van der Waals surface area contributed by atoms with Gasteiger partial charge in [-0.05, 0) is 62.5 Å². The highest BCUT2D eigenvalue weighted by Crippen LogP contribution is 2.31. The molecule has 1 aromatic carbocycles. The van der Waals surface area contributed by atoms with Crippen molar-refractivity contribution in [2.45, 2.75) is 25.9 Å². The Balaban J connectivity index is 1.90. The summed E-state index contributed by atoms with van der Waals surface area (Å²) in [6, 6.07) is 3.84. The molecule has 1 aliphatic rings. The molecule has 0 aromatic heterocycles. The molecule has 0 bridgehead atoms. The average molecular weight is 272 g/mol. The van der Waals surface area contributed by atoms with Crippen LogP contribution < -0.4 is 10.6 Å². The second kappa shape index (κ2) is 5.82. The molecule has 1 fully saturated rings. The quantitative estimate of drug-likeness (QED) is 0.877. The maximum Gasteiger partial charge on any atom is 0.416 e. The number of benzene rings is 1. The van der Waals surface area contributed by atoms with Gasteiger partial charge in [0.25, 0.3) is 0 Å². The predicted molar refractivity (Wildman–Crippen MR) is 70.3 cm³/mol. The summed E-state index contributed by atoms with van der Waals surface area (Å²) in [4.78, 5) is 0. The van der Waals surface area contributed by atoms with Crippen molar-refractivity contribution in [1.29, 1.82) is 0 Å². The highest BCUT2D eigenvalue weighted by Gasteiger charge is 2.30. The normalized spacial score (nSPS) is 19.7. The maximum absolute atomic E-state index is 12.5. The molecule has 1 saturated heterocycles. The van der Waals surface area contributed by atoms with Crippen molar-refractivity contribution >= 4 is 5.69 Å². The van der Waals surface area contributed by atoms with Crippen molar-refractivity contribution in [3.63, 3.8) is 0 Å². The van der Waals surface area contributed by atoms with Crippen molar-refractivity contribution in [2.24, 2.45) is 5.92 Å². The van der Waals surface area contributed by atoms with Gasteiger partial charge in [-0.15, -0.1) is 0 Å². The molecule has 1 heterocycles. The average Bonchev–Trinajstić information content (AvgIpc) is 2.83. The first-order chi connectivity index (χ1) is 8.97. The lowest BCUT2D eigenvalue weighted by Gasteiger charge is -2.14. The van der Waals surface area contributed by atoms with Gasteiger partial charge in [0, 0.05) is 12.2 Å². The summed E-state index contributed by atoms with van der Waals surface area (Å²) < 4.78 is 37.6. The minimum Gasteiger partial charge on any atom is -0.385 e. The summed E-state index contributed by atoms with van der Waals surface area (Å²) in [6.07, 6.45) is -2.03.